The summed E-state index contributed by atoms with van der Waals surface area (Å²) in [5.74, 6) is 1.26. The Balaban J connectivity index is 1.61. The van der Waals surface area contributed by atoms with Crippen LogP contribution in [-0.2, 0) is 0 Å². The number of nitrogens with zero attached hydrogens (tertiary/aromatic N) is 2. The first kappa shape index (κ1) is 18.4. The zero-order valence-electron chi connectivity index (χ0n) is 14.7. The number of aromatic nitrogens is 2. The van der Waals surface area contributed by atoms with Crippen LogP contribution in [0.2, 0.25) is 0 Å². The van der Waals surface area contributed by atoms with Gasteiger partial charge >= 0.3 is 0 Å². The maximum Gasteiger partial charge on any atom is 0.260 e. The van der Waals surface area contributed by atoms with Gasteiger partial charge in [-0.3, -0.25) is 4.79 Å². The first-order chi connectivity index (χ1) is 13.7. The molecule has 6 nitrogen and oxygen atoms in total. The van der Waals surface area contributed by atoms with Crippen molar-refractivity contribution in [2.75, 3.05) is 12.4 Å². The van der Waals surface area contributed by atoms with Gasteiger partial charge in [-0.15, -0.1) is 11.3 Å². The summed E-state index contributed by atoms with van der Waals surface area (Å²) in [5, 5.41) is 8.89. The van der Waals surface area contributed by atoms with Crippen molar-refractivity contribution in [1.29, 1.82) is 0 Å². The van der Waals surface area contributed by atoms with Gasteiger partial charge in [0.25, 0.3) is 11.8 Å². The van der Waals surface area contributed by atoms with E-state index in [9.17, 15) is 4.79 Å². The predicted molar refractivity (Wildman–Crippen MR) is 112 cm³/mol. The van der Waals surface area contributed by atoms with Crippen LogP contribution in [0.3, 0.4) is 0 Å². The lowest BCUT2D eigenvalue weighted by Crippen LogP contribution is -2.12. The second-order valence-electron chi connectivity index (χ2n) is 5.75. The molecule has 0 fully saturated rings. The zero-order valence-corrected chi connectivity index (χ0v) is 17.1. The summed E-state index contributed by atoms with van der Waals surface area (Å²) in [7, 11) is 1.57. The molecular formula is C20H14BrN3O3S. The molecule has 1 N–H and O–H groups in total. The third-order valence-corrected chi connectivity index (χ3v) is 5.47. The fraction of sp³-hybridized carbons (Fsp3) is 0.0500. The van der Waals surface area contributed by atoms with Crippen molar-refractivity contribution < 1.29 is 14.1 Å². The Hall–Kier alpha value is -2.97. The Morgan fingerprint density at radius 1 is 1.18 bits per heavy atom. The first-order valence-corrected chi connectivity index (χ1v) is 9.95. The number of carbonyl (C=O) groups excluding carboxylic acids is 1. The predicted octanol–water partition coefficient (Wildman–Crippen LogP) is 5.49. The van der Waals surface area contributed by atoms with Gasteiger partial charge in [-0.2, -0.15) is 4.98 Å². The Morgan fingerprint density at radius 2 is 2.04 bits per heavy atom. The number of hydrogen-bond donors (Lipinski definition) is 1. The topological polar surface area (TPSA) is 77.2 Å². The Kier molecular flexibility index (Phi) is 5.23. The highest BCUT2D eigenvalue weighted by molar-refractivity contribution is 9.10. The van der Waals surface area contributed by atoms with Crippen molar-refractivity contribution in [2.24, 2.45) is 0 Å². The number of anilines is 1. The second-order valence-corrected chi connectivity index (χ2v) is 7.55. The molecule has 0 unspecified atom stereocenters. The number of methoxy groups -OCH3 is 1. The van der Waals surface area contributed by atoms with Crippen molar-refractivity contribution >= 4 is 38.9 Å². The summed E-state index contributed by atoms with van der Waals surface area (Å²) in [5.41, 5.74) is 1.73. The highest BCUT2D eigenvalue weighted by atomic mass is 79.9. The van der Waals surface area contributed by atoms with Crippen LogP contribution in [-0.4, -0.2) is 23.2 Å². The smallest absolute Gasteiger partial charge is 0.260 e. The van der Waals surface area contributed by atoms with Gasteiger partial charge < -0.3 is 14.6 Å². The monoisotopic (exact) mass is 455 g/mol. The number of rotatable bonds is 5. The molecule has 0 aliphatic heterocycles. The van der Waals surface area contributed by atoms with Crippen LogP contribution >= 0.6 is 27.3 Å². The average molecular weight is 456 g/mol. The highest BCUT2D eigenvalue weighted by Gasteiger charge is 2.17. The fourth-order valence-electron chi connectivity index (χ4n) is 2.62. The summed E-state index contributed by atoms with van der Waals surface area (Å²) in [4.78, 5) is 18.1. The first-order valence-electron chi connectivity index (χ1n) is 8.27. The molecule has 0 aliphatic rings. The minimum Gasteiger partial charge on any atom is -0.496 e. The van der Waals surface area contributed by atoms with E-state index in [2.05, 4.69) is 31.4 Å². The van der Waals surface area contributed by atoms with Crippen LogP contribution in [0.4, 0.5) is 5.69 Å². The van der Waals surface area contributed by atoms with Crippen LogP contribution in [0.1, 0.15) is 10.4 Å². The van der Waals surface area contributed by atoms with E-state index in [0.29, 0.717) is 38.8 Å². The van der Waals surface area contributed by atoms with E-state index in [1.165, 1.54) is 11.3 Å². The number of benzene rings is 2. The number of para-hydroxylation sites is 1. The molecular weight excluding hydrogens is 442 g/mol. The number of hydrogen-bond acceptors (Lipinski definition) is 6. The summed E-state index contributed by atoms with van der Waals surface area (Å²) in [6.45, 7) is 0. The molecule has 8 heteroatoms. The molecule has 28 heavy (non-hydrogen) atoms. The van der Waals surface area contributed by atoms with E-state index < -0.39 is 0 Å². The molecule has 0 saturated heterocycles. The molecule has 0 spiro atoms. The Morgan fingerprint density at radius 3 is 2.79 bits per heavy atom. The van der Waals surface area contributed by atoms with Gasteiger partial charge in [0, 0.05) is 5.56 Å². The van der Waals surface area contributed by atoms with Gasteiger partial charge in [-0.05, 0) is 57.7 Å². The number of amides is 1. The molecule has 2 aromatic heterocycles. The lowest BCUT2D eigenvalue weighted by Gasteiger charge is -2.10. The van der Waals surface area contributed by atoms with Crippen LogP contribution < -0.4 is 10.1 Å². The molecule has 0 bridgehead atoms. The van der Waals surface area contributed by atoms with E-state index >= 15 is 0 Å². The lowest BCUT2D eigenvalue weighted by molar-refractivity contribution is 0.102. The average Bonchev–Trinajstić information content (AvgIpc) is 3.40. The van der Waals surface area contributed by atoms with Crippen LogP contribution in [0.15, 0.2) is 69.0 Å². The van der Waals surface area contributed by atoms with E-state index in [1.54, 1.807) is 31.4 Å². The van der Waals surface area contributed by atoms with E-state index in [0.717, 1.165) is 4.88 Å². The summed E-state index contributed by atoms with van der Waals surface area (Å²) < 4.78 is 11.3. The van der Waals surface area contributed by atoms with Crippen LogP contribution in [0.25, 0.3) is 22.2 Å². The second kappa shape index (κ2) is 7.95. The van der Waals surface area contributed by atoms with Crippen molar-refractivity contribution in [3.05, 3.63) is 70.0 Å². The van der Waals surface area contributed by atoms with Crippen LogP contribution in [0.5, 0.6) is 5.75 Å². The number of ether oxygens (including phenoxy) is 1. The molecule has 0 saturated carbocycles. The Bertz CT molecular complexity index is 1130. The van der Waals surface area contributed by atoms with Crippen molar-refractivity contribution in [3.8, 4) is 27.9 Å². The van der Waals surface area contributed by atoms with Crippen molar-refractivity contribution in [1.82, 2.24) is 10.1 Å². The summed E-state index contributed by atoms with van der Waals surface area (Å²) in [6.07, 6.45) is 0. The number of halogens is 1. The van der Waals surface area contributed by atoms with E-state index in [4.69, 9.17) is 9.26 Å². The molecule has 0 aliphatic carbocycles. The van der Waals surface area contributed by atoms with Gasteiger partial charge in [0.2, 0.25) is 5.82 Å². The van der Waals surface area contributed by atoms with Gasteiger partial charge in [0.05, 0.1) is 27.7 Å². The summed E-state index contributed by atoms with van der Waals surface area (Å²) in [6, 6.07) is 16.3. The van der Waals surface area contributed by atoms with Crippen molar-refractivity contribution in [3.63, 3.8) is 0 Å². The van der Waals surface area contributed by atoms with Gasteiger partial charge in [-0.1, -0.05) is 23.4 Å². The minimum absolute atomic E-state index is 0.256. The number of carbonyl (C=O) groups is 1. The van der Waals surface area contributed by atoms with Gasteiger partial charge in [0.1, 0.15) is 5.75 Å². The SMILES string of the molecule is COc1ccc(C(=O)Nc2ccccc2-c2nc(-c3cccs3)no2)cc1Br. The number of nitrogens with one attached hydrogen (secondary N) is 1. The molecule has 1 amide bonds. The number of thiophene rings is 1. The van der Waals surface area contributed by atoms with Crippen molar-refractivity contribution in [2.45, 2.75) is 0 Å². The van der Waals surface area contributed by atoms with E-state index in [-0.39, 0.29) is 5.91 Å². The van der Waals surface area contributed by atoms with Gasteiger partial charge in [-0.25, -0.2) is 0 Å². The maximum absolute atomic E-state index is 12.7. The molecule has 0 atom stereocenters. The third-order valence-electron chi connectivity index (χ3n) is 3.99. The standard InChI is InChI=1S/C20H14BrN3O3S/c1-26-16-9-8-12(11-14(16)21)19(25)22-15-6-3-2-5-13(15)20-23-18(24-27-20)17-7-4-10-28-17/h2-11H,1H3,(H,22,25). The summed E-state index contributed by atoms with van der Waals surface area (Å²) >= 11 is 4.93. The molecule has 2 heterocycles. The minimum atomic E-state index is -0.256. The zero-order chi connectivity index (χ0) is 19.5. The molecule has 2 aromatic carbocycles. The largest absolute Gasteiger partial charge is 0.496 e. The Labute approximate surface area is 173 Å². The normalized spacial score (nSPS) is 10.6. The lowest BCUT2D eigenvalue weighted by atomic mass is 10.1. The van der Waals surface area contributed by atoms with E-state index in [1.807, 2.05) is 35.7 Å². The quantitative estimate of drug-likeness (QED) is 0.430. The molecule has 4 rings (SSSR count). The molecule has 0 radical (unpaired) electrons. The fourth-order valence-corrected chi connectivity index (χ4v) is 3.81. The maximum atomic E-state index is 12.7. The van der Waals surface area contributed by atoms with Gasteiger partial charge in [0.15, 0.2) is 0 Å². The highest BCUT2D eigenvalue weighted by Crippen LogP contribution is 2.31. The third kappa shape index (κ3) is 3.69. The van der Waals surface area contributed by atoms with Crippen LogP contribution in [0, 0.1) is 0 Å². The molecule has 140 valence electrons. The molecule has 4 aromatic rings.